The van der Waals surface area contributed by atoms with Gasteiger partial charge in [-0.2, -0.15) is 0 Å². The predicted octanol–water partition coefficient (Wildman–Crippen LogP) is -0.300. The zero-order valence-electron chi connectivity index (χ0n) is 10.5. The number of rotatable bonds is 3. The van der Waals surface area contributed by atoms with Crippen LogP contribution in [0.1, 0.15) is 18.9 Å². The summed E-state index contributed by atoms with van der Waals surface area (Å²) in [4.78, 5) is -0.132. The van der Waals surface area contributed by atoms with Gasteiger partial charge in [0, 0.05) is 0 Å². The summed E-state index contributed by atoms with van der Waals surface area (Å²) in [6.07, 6.45) is 1.85. The van der Waals surface area contributed by atoms with Crippen LogP contribution in [0.2, 0.25) is 0 Å². The Labute approximate surface area is 129 Å². The van der Waals surface area contributed by atoms with Crippen LogP contribution in [-0.2, 0) is 16.5 Å². The molecule has 0 fully saturated rings. The van der Waals surface area contributed by atoms with E-state index in [2.05, 4.69) is 6.92 Å². The molecule has 2 aromatic carbocycles. The van der Waals surface area contributed by atoms with Gasteiger partial charge in [0.2, 0.25) is 0 Å². The maximum Gasteiger partial charge on any atom is 1.00 e. The minimum Gasteiger partial charge on any atom is -0.744 e. The predicted molar refractivity (Wildman–Crippen MR) is 65.9 cm³/mol. The molecule has 0 bridgehead atoms. The van der Waals surface area contributed by atoms with Crippen molar-refractivity contribution in [2.45, 2.75) is 24.7 Å². The third kappa shape index (κ3) is 3.13. The van der Waals surface area contributed by atoms with E-state index in [1.807, 2.05) is 12.1 Å². The van der Waals surface area contributed by atoms with Gasteiger partial charge in [-0.1, -0.05) is 43.7 Å². The van der Waals surface area contributed by atoms with Gasteiger partial charge in [0.1, 0.15) is 10.1 Å². The van der Waals surface area contributed by atoms with Crippen LogP contribution in [0.5, 0.6) is 0 Å². The number of aryl methyl sites for hydroxylation is 1. The Morgan fingerprint density at radius 3 is 2.28 bits per heavy atom. The summed E-state index contributed by atoms with van der Waals surface area (Å²) in [5, 5.41) is 1.37. The first-order valence-electron chi connectivity index (χ1n) is 5.50. The Balaban J connectivity index is 0.00000162. The molecule has 2 aromatic rings. The van der Waals surface area contributed by atoms with Crippen LogP contribution in [0, 0.1) is 0 Å². The van der Waals surface area contributed by atoms with Crippen LogP contribution < -0.4 is 29.6 Å². The molecule has 0 radical (unpaired) electrons. The van der Waals surface area contributed by atoms with E-state index in [1.54, 1.807) is 18.2 Å². The average Bonchev–Trinajstić information content (AvgIpc) is 2.28. The average molecular weight is 272 g/mol. The molecule has 0 spiro atoms. The summed E-state index contributed by atoms with van der Waals surface area (Å²) in [6.45, 7) is 2.06. The van der Waals surface area contributed by atoms with Gasteiger partial charge in [-0.3, -0.25) is 0 Å². The maximum atomic E-state index is 11.2. The summed E-state index contributed by atoms with van der Waals surface area (Å²) in [5.41, 5.74) is 1.08. The standard InChI is InChI=1S/C13H14O3S.Na/c1-2-5-10-6-3-8-12-11(10)7-4-9-13(12)17(14,15)16;/h3-4,6-9H,2,5H2,1H3,(H,14,15,16);/q;+1/p-1. The fourth-order valence-corrected chi connectivity index (χ4v) is 2.74. The molecular weight excluding hydrogens is 259 g/mol. The van der Waals surface area contributed by atoms with Crippen molar-refractivity contribution in [3.8, 4) is 0 Å². The topological polar surface area (TPSA) is 57.2 Å². The van der Waals surface area contributed by atoms with E-state index in [1.165, 1.54) is 6.07 Å². The van der Waals surface area contributed by atoms with Gasteiger partial charge in [0.15, 0.2) is 0 Å². The largest absolute Gasteiger partial charge is 1.00 e. The summed E-state index contributed by atoms with van der Waals surface area (Å²) in [7, 11) is -4.41. The summed E-state index contributed by atoms with van der Waals surface area (Å²) >= 11 is 0. The third-order valence-electron chi connectivity index (χ3n) is 2.76. The normalized spacial score (nSPS) is 11.2. The zero-order valence-corrected chi connectivity index (χ0v) is 13.3. The van der Waals surface area contributed by atoms with E-state index in [0.29, 0.717) is 5.39 Å². The summed E-state index contributed by atoms with van der Waals surface area (Å²) in [6, 6.07) is 10.3. The second-order valence-corrected chi connectivity index (χ2v) is 5.32. The Morgan fingerprint density at radius 2 is 1.67 bits per heavy atom. The van der Waals surface area contributed by atoms with E-state index in [-0.39, 0.29) is 34.5 Å². The zero-order chi connectivity index (χ0) is 12.5. The molecule has 0 aromatic heterocycles. The van der Waals surface area contributed by atoms with Gasteiger partial charge in [-0.25, -0.2) is 8.42 Å². The van der Waals surface area contributed by atoms with Crippen LogP contribution in [0.4, 0.5) is 0 Å². The minimum absolute atomic E-state index is 0. The van der Waals surface area contributed by atoms with Crippen LogP contribution in [0.3, 0.4) is 0 Å². The van der Waals surface area contributed by atoms with Gasteiger partial charge in [-0.15, -0.1) is 0 Å². The molecule has 2 rings (SSSR count). The fourth-order valence-electron chi connectivity index (χ4n) is 2.05. The molecule has 0 amide bonds. The third-order valence-corrected chi connectivity index (χ3v) is 3.66. The minimum atomic E-state index is -4.41. The van der Waals surface area contributed by atoms with Crippen molar-refractivity contribution in [2.24, 2.45) is 0 Å². The van der Waals surface area contributed by atoms with E-state index >= 15 is 0 Å². The van der Waals surface area contributed by atoms with Crippen LogP contribution in [-0.4, -0.2) is 13.0 Å². The van der Waals surface area contributed by atoms with Gasteiger partial charge in [0.05, 0.1) is 4.90 Å². The molecule has 0 heterocycles. The molecule has 18 heavy (non-hydrogen) atoms. The van der Waals surface area contributed by atoms with E-state index < -0.39 is 10.1 Å². The molecule has 0 atom stereocenters. The van der Waals surface area contributed by atoms with Crippen molar-refractivity contribution in [3.63, 3.8) is 0 Å². The van der Waals surface area contributed by atoms with Crippen molar-refractivity contribution in [1.29, 1.82) is 0 Å². The first kappa shape index (κ1) is 15.7. The maximum absolute atomic E-state index is 11.2. The molecule has 5 heteroatoms. The van der Waals surface area contributed by atoms with Crippen LogP contribution >= 0.6 is 0 Å². The van der Waals surface area contributed by atoms with Crippen molar-refractivity contribution in [2.75, 3.05) is 0 Å². The Bertz CT molecular complexity index is 650. The fraction of sp³-hybridized carbons (Fsp3) is 0.231. The van der Waals surface area contributed by atoms with Gasteiger partial charge in [-0.05, 0) is 28.8 Å². The van der Waals surface area contributed by atoms with Crippen molar-refractivity contribution in [1.82, 2.24) is 0 Å². The quantitative estimate of drug-likeness (QED) is 0.569. The number of benzene rings is 2. The van der Waals surface area contributed by atoms with Gasteiger partial charge in [0.25, 0.3) is 0 Å². The Morgan fingerprint density at radius 1 is 1.06 bits per heavy atom. The molecule has 0 unspecified atom stereocenters. The molecular formula is C13H13NaO3S. The Hall–Kier alpha value is -0.390. The molecule has 3 nitrogen and oxygen atoms in total. The molecule has 0 aliphatic heterocycles. The molecule has 0 aliphatic carbocycles. The first-order valence-corrected chi connectivity index (χ1v) is 6.91. The van der Waals surface area contributed by atoms with Crippen LogP contribution in [0.25, 0.3) is 10.8 Å². The molecule has 0 saturated carbocycles. The Kier molecular flexibility index (Phi) is 5.37. The van der Waals surface area contributed by atoms with E-state index in [9.17, 15) is 13.0 Å². The van der Waals surface area contributed by atoms with Crippen molar-refractivity contribution < 1.29 is 42.5 Å². The molecule has 0 N–H and O–H groups in total. The number of fused-ring (bicyclic) bond motifs is 1. The monoisotopic (exact) mass is 272 g/mol. The number of hydrogen-bond donors (Lipinski definition) is 0. The first-order chi connectivity index (χ1) is 8.04. The second-order valence-electron chi connectivity index (χ2n) is 3.97. The van der Waals surface area contributed by atoms with Crippen molar-refractivity contribution in [3.05, 3.63) is 42.0 Å². The SMILES string of the molecule is CCCc1cccc2c(S(=O)(=O)[O-])cccc12.[Na+]. The summed E-state index contributed by atoms with van der Waals surface area (Å²) < 4.78 is 33.5. The smallest absolute Gasteiger partial charge is 0.744 e. The van der Waals surface area contributed by atoms with Gasteiger partial charge >= 0.3 is 29.6 Å². The van der Waals surface area contributed by atoms with Crippen molar-refractivity contribution >= 4 is 20.9 Å². The molecule has 0 saturated heterocycles. The van der Waals surface area contributed by atoms with Gasteiger partial charge < -0.3 is 4.55 Å². The van der Waals surface area contributed by atoms with E-state index in [4.69, 9.17) is 0 Å². The summed E-state index contributed by atoms with van der Waals surface area (Å²) in [5.74, 6) is 0. The van der Waals surface area contributed by atoms with Crippen LogP contribution in [0.15, 0.2) is 41.3 Å². The molecule has 0 aliphatic rings. The number of hydrogen-bond acceptors (Lipinski definition) is 3. The second kappa shape index (κ2) is 6.17. The van der Waals surface area contributed by atoms with E-state index in [0.717, 1.165) is 23.8 Å². The molecule has 90 valence electrons.